The molecule has 0 aromatic heterocycles. The Bertz CT molecular complexity index is 1970. The maximum atomic E-state index is 14.5. The van der Waals surface area contributed by atoms with Crippen LogP contribution in [0.1, 0.15) is 60.5 Å². The van der Waals surface area contributed by atoms with Crippen molar-refractivity contribution in [2.75, 3.05) is 44.6 Å². The van der Waals surface area contributed by atoms with E-state index in [0.717, 1.165) is 32.1 Å². The minimum atomic E-state index is -3.96. The number of ether oxygens (including phenoxy) is 3. The number of rotatable bonds is 5. The Labute approximate surface area is 313 Å². The average molecular weight is 775 g/mol. The largest absolute Gasteiger partial charge is 0.490 e. The van der Waals surface area contributed by atoms with Gasteiger partial charge in [-0.3, -0.25) is 10.0 Å². The van der Waals surface area contributed by atoms with Gasteiger partial charge in [-0.25, -0.2) is 22.5 Å². The highest BCUT2D eigenvalue weighted by Crippen LogP contribution is 2.47. The molecule has 0 radical (unpaired) electrons. The molecule has 53 heavy (non-hydrogen) atoms. The van der Waals surface area contributed by atoms with E-state index in [2.05, 4.69) is 20.1 Å². The molecule has 0 unspecified atom stereocenters. The van der Waals surface area contributed by atoms with Crippen molar-refractivity contribution in [3.8, 4) is 5.75 Å². The van der Waals surface area contributed by atoms with Crippen LogP contribution in [-0.4, -0.2) is 84.7 Å². The lowest BCUT2D eigenvalue weighted by Crippen LogP contribution is -2.49. The van der Waals surface area contributed by atoms with Gasteiger partial charge in [0.1, 0.15) is 15.7 Å². The summed E-state index contributed by atoms with van der Waals surface area (Å²) in [6.07, 6.45) is 4.58. The van der Waals surface area contributed by atoms with E-state index in [-0.39, 0.29) is 51.9 Å². The molecule has 2 heterocycles. The number of halogens is 3. The number of carbonyl (C=O) groups is 2. The number of anilines is 1. The first kappa shape index (κ1) is 37.7. The summed E-state index contributed by atoms with van der Waals surface area (Å²) in [5.41, 5.74) is 2.20. The molecular weight excluding hydrogens is 730 g/mol. The normalized spacial score (nSPS) is 31.7. The van der Waals surface area contributed by atoms with Crippen LogP contribution in [0.25, 0.3) is 0 Å². The summed E-state index contributed by atoms with van der Waals surface area (Å²) in [5, 5.41) is 11.1. The van der Waals surface area contributed by atoms with Gasteiger partial charge in [0.15, 0.2) is 0 Å². The monoisotopic (exact) mass is 774 g/mol. The van der Waals surface area contributed by atoms with Crippen LogP contribution >= 0.6 is 11.6 Å². The average Bonchev–Trinajstić information content (AvgIpc) is 3.93. The van der Waals surface area contributed by atoms with E-state index >= 15 is 0 Å². The molecule has 7 rings (SSSR count). The highest BCUT2D eigenvalue weighted by atomic mass is 35.5. The number of nitrogens with one attached hydrogen (secondary N) is 1. The molecule has 2 aromatic carbocycles. The summed E-state index contributed by atoms with van der Waals surface area (Å²) >= 11 is 6.43. The van der Waals surface area contributed by atoms with Gasteiger partial charge in [0.2, 0.25) is 0 Å². The fourth-order valence-corrected chi connectivity index (χ4v) is 10.5. The number of aryl methyl sites for hydroxylation is 1. The first-order valence-electron chi connectivity index (χ1n) is 18.0. The van der Waals surface area contributed by atoms with Crippen LogP contribution in [0.3, 0.4) is 0 Å². The van der Waals surface area contributed by atoms with Gasteiger partial charge in [0, 0.05) is 55.3 Å². The Balaban J connectivity index is 1.30. The molecule has 2 aromatic rings. The van der Waals surface area contributed by atoms with E-state index in [1.807, 2.05) is 24.3 Å². The van der Waals surface area contributed by atoms with Crippen molar-refractivity contribution < 1.29 is 42.0 Å². The molecule has 1 spiro atoms. The SMILES string of the molecule is CO[C@H]1/C=C/[C@H](OC)[C@H](C)C[S@@](=O)(NC(=O)N(O)C2=C(C(F)F)C2)=NC(=O)c2ccc3c(c2)N(C[C@@H]2CC[C@H]21)C[C@@]1(CCCc2cc(Cl)ccc21)CO3. The van der Waals surface area contributed by atoms with Gasteiger partial charge in [0.25, 0.3) is 12.3 Å². The van der Waals surface area contributed by atoms with Crippen molar-refractivity contribution >= 4 is 39.1 Å². The number of benzene rings is 2. The summed E-state index contributed by atoms with van der Waals surface area (Å²) < 4.78 is 65.5. The molecule has 286 valence electrons. The smallest absolute Gasteiger partial charge is 0.358 e. The number of urea groups is 1. The van der Waals surface area contributed by atoms with Gasteiger partial charge < -0.3 is 19.1 Å². The maximum absolute atomic E-state index is 14.5. The van der Waals surface area contributed by atoms with E-state index < -0.39 is 45.9 Å². The topological polar surface area (TPSA) is 130 Å². The van der Waals surface area contributed by atoms with Crippen LogP contribution in [0.4, 0.5) is 19.3 Å². The fraction of sp³-hybridized carbons (Fsp3) is 0.526. The zero-order valence-corrected chi connectivity index (χ0v) is 31.5. The first-order chi connectivity index (χ1) is 25.3. The Kier molecular flexibility index (Phi) is 10.6. The van der Waals surface area contributed by atoms with Gasteiger partial charge in [0.05, 0.1) is 36.0 Å². The molecule has 1 saturated carbocycles. The Morgan fingerprint density at radius 1 is 1.17 bits per heavy atom. The molecule has 2 N–H and O–H groups in total. The van der Waals surface area contributed by atoms with Gasteiger partial charge in [-0.15, -0.1) is 4.36 Å². The second-order valence-corrected chi connectivity index (χ2v) is 17.4. The number of hydrogen-bond acceptors (Lipinski definition) is 8. The van der Waals surface area contributed by atoms with Crippen LogP contribution < -0.4 is 14.4 Å². The third-order valence-corrected chi connectivity index (χ3v) is 13.7. The number of allylic oxidation sites excluding steroid dienone is 2. The second-order valence-electron chi connectivity index (χ2n) is 14.9. The second kappa shape index (κ2) is 14.9. The number of fused-ring (bicyclic) bond motifs is 4. The highest BCUT2D eigenvalue weighted by Gasteiger charge is 2.45. The predicted octanol–water partition coefficient (Wildman–Crippen LogP) is 6.92. The van der Waals surface area contributed by atoms with Crippen molar-refractivity contribution in [3.05, 3.63) is 81.5 Å². The summed E-state index contributed by atoms with van der Waals surface area (Å²) in [6.45, 7) is 3.46. The van der Waals surface area contributed by atoms with Crippen LogP contribution in [0.15, 0.2) is 64.2 Å². The van der Waals surface area contributed by atoms with Crippen LogP contribution in [-0.2, 0) is 31.2 Å². The van der Waals surface area contributed by atoms with Crippen molar-refractivity contribution in [2.24, 2.45) is 22.1 Å². The number of alkyl halides is 2. The highest BCUT2D eigenvalue weighted by molar-refractivity contribution is 7.92. The van der Waals surface area contributed by atoms with Crippen LogP contribution in [0, 0.1) is 17.8 Å². The number of nitrogens with zero attached hydrogens (tertiary/aromatic N) is 3. The molecule has 15 heteroatoms. The van der Waals surface area contributed by atoms with Crippen molar-refractivity contribution in [3.63, 3.8) is 0 Å². The number of hydrogen-bond donors (Lipinski definition) is 2. The summed E-state index contributed by atoms with van der Waals surface area (Å²) in [5.74, 6) is -0.688. The summed E-state index contributed by atoms with van der Waals surface area (Å²) in [6, 6.07) is 9.72. The number of methoxy groups -OCH3 is 2. The fourth-order valence-electron chi connectivity index (χ4n) is 8.49. The molecule has 5 aliphatic rings. The third-order valence-electron chi connectivity index (χ3n) is 11.5. The van der Waals surface area contributed by atoms with E-state index in [1.54, 1.807) is 32.2 Å². The molecule has 7 atom stereocenters. The van der Waals surface area contributed by atoms with E-state index in [0.29, 0.717) is 36.2 Å². The number of hydroxylamine groups is 2. The van der Waals surface area contributed by atoms with Crippen molar-refractivity contribution in [2.45, 2.75) is 69.5 Å². The quantitative estimate of drug-likeness (QED) is 0.190. The van der Waals surface area contributed by atoms with E-state index in [9.17, 15) is 27.8 Å². The zero-order chi connectivity index (χ0) is 37.7. The molecule has 11 nitrogen and oxygen atoms in total. The predicted molar refractivity (Wildman–Crippen MR) is 196 cm³/mol. The van der Waals surface area contributed by atoms with Crippen molar-refractivity contribution in [1.82, 2.24) is 9.79 Å². The van der Waals surface area contributed by atoms with Gasteiger partial charge in [-0.2, -0.15) is 5.06 Å². The zero-order valence-electron chi connectivity index (χ0n) is 29.9. The number of amides is 3. The van der Waals surface area contributed by atoms with Gasteiger partial charge in [-0.1, -0.05) is 36.7 Å². The molecule has 0 saturated heterocycles. The van der Waals surface area contributed by atoms with Gasteiger partial charge in [-0.05, 0) is 91.3 Å². The molecule has 2 aliphatic heterocycles. The Morgan fingerprint density at radius 2 is 1.94 bits per heavy atom. The molecule has 2 bridgehead atoms. The van der Waals surface area contributed by atoms with Crippen LogP contribution in [0.2, 0.25) is 5.02 Å². The molecule has 3 amide bonds. The Hall–Kier alpha value is -3.56. The maximum Gasteiger partial charge on any atom is 0.358 e. The van der Waals surface area contributed by atoms with E-state index in [4.69, 9.17) is 25.8 Å². The minimum absolute atomic E-state index is 0.00847. The molecule has 3 aliphatic carbocycles. The summed E-state index contributed by atoms with van der Waals surface area (Å²) in [4.78, 5) is 29.4. The van der Waals surface area contributed by atoms with E-state index in [1.165, 1.54) is 18.2 Å². The molecular formula is C38H45ClF2N4O7S. The lowest BCUT2D eigenvalue weighted by molar-refractivity contribution is -0.00330. The lowest BCUT2D eigenvalue weighted by Gasteiger charge is -2.46. The lowest BCUT2D eigenvalue weighted by atomic mass is 9.68. The standard InChI is InChI=1S/C38H45ClF2N4O7S/c1-22-19-53(49,43-37(47)45(48)30-17-28(30)35(40)41)42-36(46)24-7-11-34-31(16-24)44(18-25-6-9-27(25)33(51-3)13-12-32(22)50-2)20-38(21-52-34)14-4-5-23-15-26(39)8-10-29(23)38/h7-8,10-13,15-16,22,25,27,32-33,35,48H,4-6,9,14,17-21H2,1-3H3,(H,42,43,46,47,49)/b13-12+/t22-,25+,27-,32+,33+,38+,53+/m1/s1. The van der Waals surface area contributed by atoms with Crippen LogP contribution in [0.5, 0.6) is 5.75 Å². The minimum Gasteiger partial charge on any atom is -0.490 e. The first-order valence-corrected chi connectivity index (χ1v) is 20.0. The third kappa shape index (κ3) is 7.57. The van der Waals surface area contributed by atoms with Gasteiger partial charge >= 0.3 is 6.03 Å². The van der Waals surface area contributed by atoms with Crippen molar-refractivity contribution in [1.29, 1.82) is 0 Å². The Morgan fingerprint density at radius 3 is 2.64 bits per heavy atom. The summed E-state index contributed by atoms with van der Waals surface area (Å²) in [7, 11) is -0.784. The molecule has 1 fully saturated rings. The number of carbonyl (C=O) groups excluding carboxylic acids is 2.